The molecule has 3 aromatic rings. The minimum absolute atomic E-state index is 0.000881. The molecule has 1 unspecified atom stereocenters. The SMILES string of the molecule is CCCCC(CC)CNC(=O)c1cc(-c2csc(COc3cc(Cl)cc(Cl)c3)n2)n(CCC2=CCCCC2)c1C. The van der Waals surface area contributed by atoms with Crippen LogP contribution in [0.15, 0.2) is 41.3 Å². The van der Waals surface area contributed by atoms with Crippen LogP contribution in [-0.4, -0.2) is 22.0 Å². The Morgan fingerprint density at radius 1 is 1.18 bits per heavy atom. The van der Waals surface area contributed by atoms with Crippen molar-refractivity contribution >= 4 is 40.4 Å². The molecule has 2 heterocycles. The first kappa shape index (κ1) is 30.7. The summed E-state index contributed by atoms with van der Waals surface area (Å²) < 4.78 is 8.19. The Labute approximate surface area is 252 Å². The molecule has 0 saturated carbocycles. The average Bonchev–Trinajstić information content (AvgIpc) is 3.55. The van der Waals surface area contributed by atoms with E-state index in [1.807, 2.05) is 11.4 Å². The fourth-order valence-electron chi connectivity index (χ4n) is 5.29. The van der Waals surface area contributed by atoms with E-state index in [1.165, 1.54) is 44.1 Å². The van der Waals surface area contributed by atoms with Crippen LogP contribution in [0, 0.1) is 12.8 Å². The van der Waals surface area contributed by atoms with Crippen LogP contribution in [-0.2, 0) is 13.2 Å². The van der Waals surface area contributed by atoms with E-state index in [-0.39, 0.29) is 5.91 Å². The van der Waals surface area contributed by atoms with Gasteiger partial charge in [0.15, 0.2) is 0 Å². The summed E-state index contributed by atoms with van der Waals surface area (Å²) in [7, 11) is 0. The van der Waals surface area contributed by atoms with Gasteiger partial charge in [-0.15, -0.1) is 11.3 Å². The molecule has 1 atom stereocenters. The quantitative estimate of drug-likeness (QED) is 0.187. The fraction of sp³-hybridized carbons (Fsp3) is 0.500. The molecule has 0 radical (unpaired) electrons. The summed E-state index contributed by atoms with van der Waals surface area (Å²) in [6.45, 7) is 8.34. The van der Waals surface area contributed by atoms with Crippen molar-refractivity contribution in [2.45, 2.75) is 91.7 Å². The highest BCUT2D eigenvalue weighted by Gasteiger charge is 2.21. The second kappa shape index (κ2) is 15.1. The Morgan fingerprint density at radius 3 is 2.67 bits per heavy atom. The van der Waals surface area contributed by atoms with Gasteiger partial charge in [0.05, 0.1) is 17.0 Å². The van der Waals surface area contributed by atoms with Crippen LogP contribution in [0.1, 0.15) is 92.7 Å². The molecule has 1 aliphatic rings. The molecule has 216 valence electrons. The lowest BCUT2D eigenvalue weighted by molar-refractivity contribution is 0.0945. The first-order valence-corrected chi connectivity index (χ1v) is 16.2. The van der Waals surface area contributed by atoms with Crippen molar-refractivity contribution in [2.24, 2.45) is 5.92 Å². The lowest BCUT2D eigenvalue weighted by atomic mass is 9.97. The largest absolute Gasteiger partial charge is 0.486 e. The number of thiazole rings is 1. The molecule has 1 aliphatic carbocycles. The first-order valence-electron chi connectivity index (χ1n) is 14.6. The number of halogens is 2. The molecule has 0 fully saturated rings. The Kier molecular flexibility index (Phi) is 11.6. The maximum atomic E-state index is 13.4. The van der Waals surface area contributed by atoms with E-state index < -0.39 is 0 Å². The summed E-state index contributed by atoms with van der Waals surface area (Å²) in [6, 6.07) is 7.18. The topological polar surface area (TPSA) is 56.1 Å². The molecular weight excluding hydrogens is 561 g/mol. The Balaban J connectivity index is 1.53. The molecule has 0 saturated heterocycles. The van der Waals surface area contributed by atoms with E-state index in [0.29, 0.717) is 34.9 Å². The number of ether oxygens (including phenoxy) is 1. The maximum Gasteiger partial charge on any atom is 0.253 e. The number of amides is 1. The number of rotatable bonds is 14. The zero-order valence-corrected chi connectivity index (χ0v) is 26.2. The normalized spacial score (nSPS) is 14.2. The number of aromatic nitrogens is 2. The summed E-state index contributed by atoms with van der Waals surface area (Å²) >= 11 is 13.8. The van der Waals surface area contributed by atoms with Crippen molar-refractivity contribution in [3.8, 4) is 17.1 Å². The predicted molar refractivity (Wildman–Crippen MR) is 168 cm³/mol. The average molecular weight is 603 g/mol. The molecule has 0 spiro atoms. The summed E-state index contributed by atoms with van der Waals surface area (Å²) in [5.41, 5.74) is 5.08. The van der Waals surface area contributed by atoms with E-state index in [1.54, 1.807) is 29.5 Å². The Bertz CT molecular complexity index is 1290. The minimum Gasteiger partial charge on any atom is -0.486 e. The molecule has 4 rings (SSSR count). The van der Waals surface area contributed by atoms with Crippen LogP contribution in [0.2, 0.25) is 10.0 Å². The van der Waals surface area contributed by atoms with Crippen LogP contribution < -0.4 is 10.1 Å². The number of hydrogen-bond donors (Lipinski definition) is 1. The van der Waals surface area contributed by atoms with Crippen molar-refractivity contribution in [2.75, 3.05) is 6.54 Å². The van der Waals surface area contributed by atoms with Crippen molar-refractivity contribution < 1.29 is 9.53 Å². The van der Waals surface area contributed by atoms with Gasteiger partial charge < -0.3 is 14.6 Å². The van der Waals surface area contributed by atoms with Gasteiger partial charge >= 0.3 is 0 Å². The Morgan fingerprint density at radius 2 is 1.98 bits per heavy atom. The number of carbonyl (C=O) groups excluding carboxylic acids is 1. The third kappa shape index (κ3) is 8.37. The van der Waals surface area contributed by atoms with E-state index in [0.717, 1.165) is 53.5 Å². The number of hydrogen-bond acceptors (Lipinski definition) is 4. The summed E-state index contributed by atoms with van der Waals surface area (Å²) in [4.78, 5) is 18.3. The van der Waals surface area contributed by atoms with Crippen LogP contribution in [0.5, 0.6) is 5.75 Å². The van der Waals surface area contributed by atoms with Crippen LogP contribution in [0.3, 0.4) is 0 Å². The van der Waals surface area contributed by atoms with Gasteiger partial charge in [0, 0.05) is 34.2 Å². The summed E-state index contributed by atoms with van der Waals surface area (Å²) in [5.74, 6) is 1.12. The third-order valence-corrected chi connectivity index (χ3v) is 9.02. The van der Waals surface area contributed by atoms with Gasteiger partial charge in [-0.3, -0.25) is 4.79 Å². The van der Waals surface area contributed by atoms with E-state index in [9.17, 15) is 4.79 Å². The number of benzene rings is 1. The number of allylic oxidation sites excluding steroid dienone is 2. The lowest BCUT2D eigenvalue weighted by Crippen LogP contribution is -2.29. The summed E-state index contributed by atoms with van der Waals surface area (Å²) in [6.07, 6.45) is 12.9. The monoisotopic (exact) mass is 601 g/mol. The van der Waals surface area contributed by atoms with Crippen molar-refractivity contribution in [3.63, 3.8) is 0 Å². The maximum absolute atomic E-state index is 13.4. The fourth-order valence-corrected chi connectivity index (χ4v) is 6.50. The second-order valence-corrected chi connectivity index (χ2v) is 12.5. The summed E-state index contributed by atoms with van der Waals surface area (Å²) in [5, 5.41) is 7.19. The molecule has 0 aliphatic heterocycles. The Hall–Kier alpha value is -2.28. The molecule has 2 aromatic heterocycles. The van der Waals surface area contributed by atoms with E-state index in [4.69, 9.17) is 32.9 Å². The second-order valence-electron chi connectivity index (χ2n) is 10.7. The van der Waals surface area contributed by atoms with Crippen LogP contribution in [0.4, 0.5) is 0 Å². The zero-order chi connectivity index (χ0) is 28.5. The smallest absolute Gasteiger partial charge is 0.253 e. The zero-order valence-electron chi connectivity index (χ0n) is 23.9. The van der Waals surface area contributed by atoms with E-state index >= 15 is 0 Å². The highest BCUT2D eigenvalue weighted by molar-refractivity contribution is 7.09. The van der Waals surface area contributed by atoms with Gasteiger partial charge in [0.25, 0.3) is 5.91 Å². The van der Waals surface area contributed by atoms with Gasteiger partial charge in [0.1, 0.15) is 17.4 Å². The first-order chi connectivity index (χ1) is 19.4. The van der Waals surface area contributed by atoms with Gasteiger partial charge in [0.2, 0.25) is 0 Å². The number of nitrogens with one attached hydrogen (secondary N) is 1. The molecule has 1 aromatic carbocycles. The number of carbonyl (C=O) groups is 1. The molecule has 8 heteroatoms. The lowest BCUT2D eigenvalue weighted by Gasteiger charge is -2.16. The van der Waals surface area contributed by atoms with Gasteiger partial charge in [-0.05, 0) is 75.6 Å². The van der Waals surface area contributed by atoms with Gasteiger partial charge in [-0.2, -0.15) is 0 Å². The predicted octanol–water partition coefficient (Wildman–Crippen LogP) is 9.64. The highest BCUT2D eigenvalue weighted by Crippen LogP contribution is 2.31. The third-order valence-electron chi connectivity index (χ3n) is 7.76. The highest BCUT2D eigenvalue weighted by atomic mass is 35.5. The molecular formula is C32H41Cl2N3O2S. The van der Waals surface area contributed by atoms with E-state index in [2.05, 4.69) is 36.7 Å². The van der Waals surface area contributed by atoms with Gasteiger partial charge in [-0.25, -0.2) is 4.98 Å². The molecule has 40 heavy (non-hydrogen) atoms. The van der Waals surface area contributed by atoms with Crippen molar-refractivity contribution in [3.05, 3.63) is 67.6 Å². The van der Waals surface area contributed by atoms with Gasteiger partial charge in [-0.1, -0.05) is 68.0 Å². The minimum atomic E-state index is 0.000881. The molecule has 5 nitrogen and oxygen atoms in total. The number of nitrogens with zero attached hydrogens (tertiary/aromatic N) is 2. The standard InChI is InChI=1S/C32H41Cl2N3O2S/c1-4-6-10-23(5-2)19-35-32(38)28-18-30(37(22(28)3)14-13-24-11-8-7-9-12-24)29-21-40-31(36-29)20-39-27-16-25(33)15-26(34)17-27/h11,15-18,21,23H,4-10,12-14,19-20H2,1-3H3,(H,35,38). The number of unbranched alkanes of at least 4 members (excludes halogenated alkanes) is 1. The van der Waals surface area contributed by atoms with Crippen molar-refractivity contribution in [1.29, 1.82) is 0 Å². The van der Waals surface area contributed by atoms with Crippen LogP contribution in [0.25, 0.3) is 11.4 Å². The van der Waals surface area contributed by atoms with Crippen LogP contribution >= 0.6 is 34.5 Å². The van der Waals surface area contributed by atoms with Crippen molar-refractivity contribution in [1.82, 2.24) is 14.9 Å². The molecule has 1 amide bonds. The molecule has 0 bridgehead atoms. The molecule has 1 N–H and O–H groups in total.